The van der Waals surface area contributed by atoms with Crippen molar-refractivity contribution in [2.75, 3.05) is 18.4 Å². The van der Waals surface area contributed by atoms with Crippen LogP contribution in [0, 0.1) is 6.92 Å². The molecule has 1 N–H and O–H groups in total. The third-order valence-electron chi connectivity index (χ3n) is 3.60. The summed E-state index contributed by atoms with van der Waals surface area (Å²) in [6.45, 7) is 7.83. The molecule has 0 saturated carbocycles. The van der Waals surface area contributed by atoms with E-state index in [-0.39, 0.29) is 10.8 Å². The number of amides is 1. The molecule has 0 fully saturated rings. The molecule has 1 atom stereocenters. The first-order valence-corrected chi connectivity index (χ1v) is 10.5. The van der Waals surface area contributed by atoms with Crippen molar-refractivity contribution < 1.29 is 17.7 Å². The Kier molecular flexibility index (Phi) is 6.79. The Balaban J connectivity index is 2.03. The lowest BCUT2D eigenvalue weighted by Gasteiger charge is -2.18. The smallest absolute Gasteiger partial charge is 0.244 e. The molecule has 2 aromatic heterocycles. The van der Waals surface area contributed by atoms with Crippen LogP contribution < -0.4 is 5.32 Å². The Morgan fingerprint density at radius 1 is 1.35 bits per heavy atom. The number of aromatic nitrogens is 2. The molecular weight excluding hydrogens is 376 g/mol. The first-order chi connectivity index (χ1) is 12.3. The predicted molar refractivity (Wildman–Crippen MR) is 99.5 cm³/mol. The Labute approximate surface area is 157 Å². The molecule has 0 aromatic carbocycles. The van der Waals surface area contributed by atoms with Gasteiger partial charge in [0.1, 0.15) is 10.7 Å². The number of sulfonamides is 1. The van der Waals surface area contributed by atoms with Crippen molar-refractivity contribution in [3.05, 3.63) is 30.2 Å². The number of nitrogens with zero attached hydrogens (tertiary/aromatic N) is 3. The lowest BCUT2D eigenvalue weighted by Crippen LogP contribution is -2.30. The summed E-state index contributed by atoms with van der Waals surface area (Å²) in [6, 6.07) is 4.74. The maximum atomic E-state index is 12.4. The Morgan fingerprint density at radius 3 is 2.54 bits per heavy atom. The van der Waals surface area contributed by atoms with Crippen molar-refractivity contribution in [3.8, 4) is 0 Å². The van der Waals surface area contributed by atoms with Crippen LogP contribution in [0.4, 0.5) is 5.82 Å². The van der Waals surface area contributed by atoms with E-state index in [4.69, 9.17) is 4.52 Å². The van der Waals surface area contributed by atoms with E-state index in [1.807, 2.05) is 0 Å². The van der Waals surface area contributed by atoms with E-state index in [0.29, 0.717) is 29.7 Å². The van der Waals surface area contributed by atoms with Crippen molar-refractivity contribution in [2.45, 2.75) is 42.9 Å². The summed E-state index contributed by atoms with van der Waals surface area (Å²) < 4.78 is 31.2. The van der Waals surface area contributed by atoms with Gasteiger partial charge in [0.25, 0.3) is 0 Å². The maximum Gasteiger partial charge on any atom is 0.244 e. The van der Waals surface area contributed by atoms with Crippen molar-refractivity contribution >= 4 is 33.5 Å². The van der Waals surface area contributed by atoms with Gasteiger partial charge in [0.15, 0.2) is 5.82 Å². The van der Waals surface area contributed by atoms with Crippen LogP contribution in [0.15, 0.2) is 38.8 Å². The molecule has 2 heterocycles. The summed E-state index contributed by atoms with van der Waals surface area (Å²) in [6.07, 6.45) is 1.32. The zero-order valence-corrected chi connectivity index (χ0v) is 16.7. The number of thioether (sulfide) groups is 1. The van der Waals surface area contributed by atoms with Crippen LogP contribution in [0.2, 0.25) is 0 Å². The van der Waals surface area contributed by atoms with Gasteiger partial charge in [0.2, 0.25) is 15.9 Å². The van der Waals surface area contributed by atoms with E-state index in [1.165, 1.54) is 28.3 Å². The highest BCUT2D eigenvalue weighted by Gasteiger charge is 2.22. The second-order valence-corrected chi connectivity index (χ2v) is 8.79. The Hall–Kier alpha value is -1.91. The minimum Gasteiger partial charge on any atom is -0.360 e. The minimum absolute atomic E-state index is 0.140. The third-order valence-corrected chi connectivity index (χ3v) is 6.68. The molecule has 1 amide bonds. The average Bonchev–Trinajstić information content (AvgIpc) is 3.01. The van der Waals surface area contributed by atoms with E-state index in [0.717, 1.165) is 0 Å². The predicted octanol–water partition coefficient (Wildman–Crippen LogP) is 2.53. The molecule has 0 radical (unpaired) electrons. The molecule has 26 heavy (non-hydrogen) atoms. The van der Waals surface area contributed by atoms with Crippen LogP contribution >= 0.6 is 11.8 Å². The number of carbonyl (C=O) groups is 1. The first-order valence-electron chi connectivity index (χ1n) is 8.15. The van der Waals surface area contributed by atoms with Gasteiger partial charge in [-0.15, -0.1) is 0 Å². The normalized spacial score (nSPS) is 13.0. The highest BCUT2D eigenvalue weighted by Crippen LogP contribution is 2.24. The molecule has 0 aliphatic heterocycles. The third kappa shape index (κ3) is 4.83. The maximum absolute atomic E-state index is 12.4. The summed E-state index contributed by atoms with van der Waals surface area (Å²) >= 11 is 1.23. The fourth-order valence-electron chi connectivity index (χ4n) is 2.19. The van der Waals surface area contributed by atoms with E-state index in [2.05, 4.69) is 15.5 Å². The van der Waals surface area contributed by atoms with Gasteiger partial charge in [-0.2, -0.15) is 4.31 Å². The van der Waals surface area contributed by atoms with Gasteiger partial charge in [-0.1, -0.05) is 30.8 Å². The van der Waals surface area contributed by atoms with Gasteiger partial charge < -0.3 is 9.84 Å². The lowest BCUT2D eigenvalue weighted by atomic mass is 10.4. The zero-order chi connectivity index (χ0) is 19.3. The molecule has 8 nitrogen and oxygen atoms in total. The Bertz CT molecular complexity index is 845. The van der Waals surface area contributed by atoms with Crippen LogP contribution in [-0.2, 0) is 14.8 Å². The van der Waals surface area contributed by atoms with E-state index in [1.54, 1.807) is 39.8 Å². The van der Waals surface area contributed by atoms with Gasteiger partial charge in [-0.25, -0.2) is 13.4 Å². The summed E-state index contributed by atoms with van der Waals surface area (Å²) in [5, 5.41) is 6.48. The number of rotatable bonds is 8. The summed E-state index contributed by atoms with van der Waals surface area (Å²) in [5.74, 6) is 0.714. The second-order valence-electron chi connectivity index (χ2n) is 5.49. The fraction of sp³-hybridized carbons (Fsp3) is 0.438. The average molecular weight is 399 g/mol. The molecule has 0 aliphatic rings. The van der Waals surface area contributed by atoms with Crippen LogP contribution in [0.3, 0.4) is 0 Å². The van der Waals surface area contributed by atoms with Gasteiger partial charge in [-0.05, 0) is 26.0 Å². The Morgan fingerprint density at radius 2 is 2.04 bits per heavy atom. The quantitative estimate of drug-likeness (QED) is 0.681. The first kappa shape index (κ1) is 20.4. The molecule has 2 rings (SSSR count). The van der Waals surface area contributed by atoms with Crippen LogP contribution in [0.1, 0.15) is 26.5 Å². The zero-order valence-electron chi connectivity index (χ0n) is 15.1. The van der Waals surface area contributed by atoms with Crippen molar-refractivity contribution in [2.24, 2.45) is 0 Å². The molecule has 0 spiro atoms. The van der Waals surface area contributed by atoms with E-state index < -0.39 is 15.3 Å². The topological polar surface area (TPSA) is 105 Å². The SMILES string of the molecule is CCN(CC)S(=O)(=O)c1ccc(S[C@H](C)C(=O)Nc2cc(C)on2)nc1. The van der Waals surface area contributed by atoms with E-state index >= 15 is 0 Å². The van der Waals surface area contributed by atoms with Crippen molar-refractivity contribution in [3.63, 3.8) is 0 Å². The number of nitrogens with one attached hydrogen (secondary N) is 1. The van der Waals surface area contributed by atoms with Crippen LogP contribution in [-0.4, -0.2) is 47.1 Å². The highest BCUT2D eigenvalue weighted by molar-refractivity contribution is 8.00. The fourth-order valence-corrected chi connectivity index (χ4v) is 4.38. The number of hydrogen-bond donors (Lipinski definition) is 1. The van der Waals surface area contributed by atoms with Crippen LogP contribution in [0.25, 0.3) is 0 Å². The van der Waals surface area contributed by atoms with Crippen molar-refractivity contribution in [1.82, 2.24) is 14.4 Å². The number of pyridine rings is 1. The summed E-state index contributed by atoms with van der Waals surface area (Å²) in [4.78, 5) is 16.5. The molecule has 2 aromatic rings. The molecule has 0 aliphatic carbocycles. The van der Waals surface area contributed by atoms with Gasteiger partial charge in [0.05, 0.1) is 10.3 Å². The van der Waals surface area contributed by atoms with Crippen molar-refractivity contribution in [1.29, 1.82) is 0 Å². The molecule has 142 valence electrons. The minimum atomic E-state index is -3.54. The molecule has 0 bridgehead atoms. The molecule has 10 heteroatoms. The molecule has 0 saturated heterocycles. The largest absolute Gasteiger partial charge is 0.360 e. The summed E-state index contributed by atoms with van der Waals surface area (Å²) in [5.41, 5.74) is 0. The lowest BCUT2D eigenvalue weighted by molar-refractivity contribution is -0.115. The number of anilines is 1. The highest BCUT2D eigenvalue weighted by atomic mass is 32.2. The number of hydrogen-bond acceptors (Lipinski definition) is 7. The van der Waals surface area contributed by atoms with Gasteiger partial charge >= 0.3 is 0 Å². The summed E-state index contributed by atoms with van der Waals surface area (Å²) in [7, 11) is -3.54. The van der Waals surface area contributed by atoms with Crippen LogP contribution in [0.5, 0.6) is 0 Å². The van der Waals surface area contributed by atoms with E-state index in [9.17, 15) is 13.2 Å². The van der Waals surface area contributed by atoms with Gasteiger partial charge in [0, 0.05) is 25.4 Å². The molecule has 0 unspecified atom stereocenters. The monoisotopic (exact) mass is 398 g/mol. The standard InChI is InChI=1S/C16H22N4O4S2/c1-5-20(6-2)26(22,23)13-7-8-15(17-10-13)25-12(4)16(21)18-14-9-11(3)24-19-14/h7-10,12H,5-6H2,1-4H3,(H,18,19,21)/t12-/m1/s1. The number of aryl methyl sites for hydroxylation is 1. The second kappa shape index (κ2) is 8.65. The number of carbonyl (C=O) groups excluding carboxylic acids is 1. The van der Waals surface area contributed by atoms with Gasteiger partial charge in [-0.3, -0.25) is 4.79 Å². The molecular formula is C16H22N4O4S2.